The summed E-state index contributed by atoms with van der Waals surface area (Å²) in [5, 5.41) is 5.54. The van der Waals surface area contributed by atoms with E-state index < -0.39 is 0 Å². The van der Waals surface area contributed by atoms with Gasteiger partial charge in [-0.1, -0.05) is 48.1 Å². The minimum atomic E-state index is -0.278. The molecule has 0 aliphatic carbocycles. The Morgan fingerprint density at radius 2 is 1.21 bits per heavy atom. The average Bonchev–Trinajstić information content (AvgIpc) is 3.12. The van der Waals surface area contributed by atoms with Gasteiger partial charge in [-0.05, 0) is 23.8 Å². The van der Waals surface area contributed by atoms with Crippen molar-refractivity contribution in [2.24, 2.45) is 10.8 Å². The van der Waals surface area contributed by atoms with Crippen LogP contribution in [0.4, 0.5) is 0 Å². The number of carbonyl (C=O) groups is 6. The second-order valence-electron chi connectivity index (χ2n) is 12.2. The molecule has 11 heteroatoms. The van der Waals surface area contributed by atoms with E-state index in [9.17, 15) is 28.8 Å². The maximum atomic E-state index is 12.1. The van der Waals surface area contributed by atoms with Gasteiger partial charge in [-0.2, -0.15) is 0 Å². The molecule has 1 fully saturated rings. The maximum Gasteiger partial charge on any atom is 0.251 e. The molecule has 218 valence electrons. The second kappa shape index (κ2) is 14.6. The summed E-state index contributed by atoms with van der Waals surface area (Å²) in [5.74, 6) is -1.21. The van der Waals surface area contributed by atoms with E-state index in [1.165, 1.54) is 17.9 Å². The van der Waals surface area contributed by atoms with Crippen molar-refractivity contribution in [2.45, 2.75) is 61.3 Å². The third kappa shape index (κ3) is 13.7. The molecule has 2 aliphatic rings. The smallest absolute Gasteiger partial charge is 0.251 e. The van der Waals surface area contributed by atoms with E-state index in [1.54, 1.807) is 15.9 Å². The number of amides is 5. The fraction of sp³-hybridized carbons (Fsp3) is 0.643. The third-order valence-electron chi connectivity index (χ3n) is 5.66. The van der Waals surface area contributed by atoms with Gasteiger partial charge in [0.15, 0.2) is 0 Å². The molecule has 2 rings (SSSR count). The second-order valence-corrected chi connectivity index (χ2v) is 12.2. The van der Waals surface area contributed by atoms with Gasteiger partial charge in [-0.25, -0.2) is 0 Å². The van der Waals surface area contributed by atoms with Gasteiger partial charge in [0.1, 0.15) is 18.7 Å². The quantitative estimate of drug-likeness (QED) is 0.439. The van der Waals surface area contributed by atoms with Gasteiger partial charge in [0, 0.05) is 51.0 Å². The predicted molar refractivity (Wildman–Crippen MR) is 148 cm³/mol. The van der Waals surface area contributed by atoms with E-state index in [2.05, 4.69) is 17.2 Å². The van der Waals surface area contributed by atoms with E-state index in [0.717, 1.165) is 0 Å². The Balaban J connectivity index is 0.000000416. The van der Waals surface area contributed by atoms with Crippen LogP contribution in [0.3, 0.4) is 0 Å². The number of carbonyl (C=O) groups excluding carboxylic acids is 6. The lowest BCUT2D eigenvalue weighted by atomic mass is 9.97. The van der Waals surface area contributed by atoms with E-state index in [1.807, 2.05) is 41.5 Å². The van der Waals surface area contributed by atoms with Crippen LogP contribution in [0.15, 0.2) is 24.4 Å². The molecule has 0 aromatic carbocycles. The number of piperazine rings is 1. The molecule has 0 aromatic heterocycles. The Labute approximate surface area is 232 Å². The highest BCUT2D eigenvalue weighted by Crippen LogP contribution is 2.13. The molecule has 5 amide bonds. The van der Waals surface area contributed by atoms with E-state index >= 15 is 0 Å². The zero-order valence-corrected chi connectivity index (χ0v) is 24.5. The fourth-order valence-corrected chi connectivity index (χ4v) is 3.44. The summed E-state index contributed by atoms with van der Waals surface area (Å²) in [6, 6.07) is 0. The van der Waals surface area contributed by atoms with Crippen LogP contribution in [-0.4, -0.2) is 95.8 Å². The SMILES string of the molecule is C=C1C=CC(=O)N1CC(=O)NCC(C)(C)C.CC(=O)CC(=O)N1CCN(C(=O)CC(=O)NCC(C)(C)C)CC1. The molecule has 2 N–H and O–H groups in total. The number of nitrogens with zero attached hydrogens (tertiary/aromatic N) is 3. The summed E-state index contributed by atoms with van der Waals surface area (Å²) in [6.07, 6.45) is 2.76. The highest BCUT2D eigenvalue weighted by Gasteiger charge is 2.26. The lowest BCUT2D eigenvalue weighted by molar-refractivity contribution is -0.143. The van der Waals surface area contributed by atoms with E-state index in [-0.39, 0.29) is 65.5 Å². The molecule has 2 aliphatic heterocycles. The molecule has 0 spiro atoms. The van der Waals surface area contributed by atoms with Crippen LogP contribution in [0, 0.1) is 10.8 Å². The van der Waals surface area contributed by atoms with Crippen LogP contribution in [0.1, 0.15) is 61.3 Å². The standard InChI is InChI=1S/C16H27N3O4.C12H18N2O2/c1-12(20)9-14(22)18-5-7-19(8-6-18)15(23)10-13(21)17-11-16(2,3)4;1-9-5-6-11(16)14(9)7-10(15)13-8-12(2,3)4/h5-11H2,1-4H3,(H,17,21);5-6H,1,7-8H2,2-4H3,(H,13,15). The van der Waals surface area contributed by atoms with Crippen LogP contribution in [0.25, 0.3) is 0 Å². The first-order chi connectivity index (χ1) is 17.9. The zero-order chi connectivity index (χ0) is 30.0. The van der Waals surface area contributed by atoms with Gasteiger partial charge < -0.3 is 25.3 Å². The largest absolute Gasteiger partial charge is 0.355 e. The van der Waals surface area contributed by atoms with Gasteiger partial charge in [0.25, 0.3) is 5.91 Å². The van der Waals surface area contributed by atoms with Crippen molar-refractivity contribution in [2.75, 3.05) is 45.8 Å². The molecular weight excluding hydrogens is 502 g/mol. The summed E-state index contributed by atoms with van der Waals surface area (Å²) >= 11 is 0. The molecule has 11 nitrogen and oxygen atoms in total. The molecule has 0 radical (unpaired) electrons. The van der Waals surface area contributed by atoms with Crippen molar-refractivity contribution in [1.82, 2.24) is 25.3 Å². The number of allylic oxidation sites excluding steroid dienone is 1. The fourth-order valence-electron chi connectivity index (χ4n) is 3.44. The van der Waals surface area contributed by atoms with Gasteiger partial charge in [0.2, 0.25) is 23.6 Å². The van der Waals surface area contributed by atoms with Crippen molar-refractivity contribution < 1.29 is 28.8 Å². The van der Waals surface area contributed by atoms with Crippen LogP contribution in [0.5, 0.6) is 0 Å². The summed E-state index contributed by atoms with van der Waals surface area (Å²) in [5.41, 5.74) is 0.581. The maximum absolute atomic E-state index is 12.1. The molecule has 0 saturated carbocycles. The van der Waals surface area contributed by atoms with Crippen molar-refractivity contribution in [3.05, 3.63) is 24.4 Å². The van der Waals surface area contributed by atoms with Crippen LogP contribution in [-0.2, 0) is 28.8 Å². The lowest BCUT2D eigenvalue weighted by Crippen LogP contribution is -2.51. The minimum Gasteiger partial charge on any atom is -0.355 e. The Bertz CT molecular complexity index is 963. The average molecular weight is 548 g/mol. The molecule has 0 aromatic rings. The van der Waals surface area contributed by atoms with Crippen LogP contribution >= 0.6 is 0 Å². The summed E-state index contributed by atoms with van der Waals surface area (Å²) in [7, 11) is 0. The molecule has 1 saturated heterocycles. The van der Waals surface area contributed by atoms with Gasteiger partial charge in [-0.3, -0.25) is 28.8 Å². The third-order valence-corrected chi connectivity index (χ3v) is 5.66. The lowest BCUT2D eigenvalue weighted by Gasteiger charge is -2.34. The monoisotopic (exact) mass is 547 g/mol. The summed E-state index contributed by atoms with van der Waals surface area (Å²) in [4.78, 5) is 74.0. The number of nitrogens with one attached hydrogen (secondary N) is 2. The number of hydrogen-bond acceptors (Lipinski definition) is 6. The van der Waals surface area contributed by atoms with Gasteiger partial charge in [0.05, 0.1) is 6.42 Å². The number of rotatable bonds is 8. The Morgan fingerprint density at radius 3 is 1.59 bits per heavy atom. The van der Waals surface area contributed by atoms with Crippen molar-refractivity contribution in [1.29, 1.82) is 0 Å². The number of Topliss-reactive ketones (excluding diaryl/α,β-unsaturated/α-hetero) is 1. The van der Waals surface area contributed by atoms with Crippen molar-refractivity contribution in [3.8, 4) is 0 Å². The summed E-state index contributed by atoms with van der Waals surface area (Å²) in [6.45, 7) is 20.0. The molecule has 0 bridgehead atoms. The molecule has 2 heterocycles. The Kier molecular flexibility index (Phi) is 12.5. The molecule has 39 heavy (non-hydrogen) atoms. The first kappa shape index (κ1) is 33.5. The van der Waals surface area contributed by atoms with E-state index in [4.69, 9.17) is 0 Å². The number of ketones is 1. The van der Waals surface area contributed by atoms with Crippen molar-refractivity contribution in [3.63, 3.8) is 0 Å². The summed E-state index contributed by atoms with van der Waals surface area (Å²) < 4.78 is 0. The predicted octanol–water partition coefficient (Wildman–Crippen LogP) is 1.25. The van der Waals surface area contributed by atoms with E-state index in [0.29, 0.717) is 45.0 Å². The topological polar surface area (TPSA) is 136 Å². The zero-order valence-electron chi connectivity index (χ0n) is 24.5. The van der Waals surface area contributed by atoms with Crippen LogP contribution in [0.2, 0.25) is 0 Å². The van der Waals surface area contributed by atoms with Gasteiger partial charge in [-0.15, -0.1) is 0 Å². The molecule has 0 atom stereocenters. The Morgan fingerprint density at radius 1 is 0.769 bits per heavy atom. The van der Waals surface area contributed by atoms with Gasteiger partial charge >= 0.3 is 0 Å². The number of hydrogen-bond donors (Lipinski definition) is 2. The Hall–Kier alpha value is -3.50. The first-order valence-electron chi connectivity index (χ1n) is 13.1. The molecule has 0 unspecified atom stereocenters. The minimum absolute atomic E-state index is 0.0264. The highest BCUT2D eigenvalue weighted by atomic mass is 16.2. The first-order valence-corrected chi connectivity index (χ1v) is 13.1. The van der Waals surface area contributed by atoms with Crippen LogP contribution < -0.4 is 10.6 Å². The van der Waals surface area contributed by atoms with Crippen molar-refractivity contribution >= 4 is 35.3 Å². The molecular formula is C28H45N5O6. The normalized spacial score (nSPS) is 15.5. The highest BCUT2D eigenvalue weighted by molar-refractivity contribution is 5.98.